The lowest BCUT2D eigenvalue weighted by atomic mass is 10.2. The molecule has 0 bridgehead atoms. The molecule has 1 heterocycles. The first-order valence-corrected chi connectivity index (χ1v) is 4.94. The lowest BCUT2D eigenvalue weighted by Gasteiger charge is -2.08. The van der Waals surface area contributed by atoms with Gasteiger partial charge in [-0.2, -0.15) is 0 Å². The van der Waals surface area contributed by atoms with Crippen LogP contribution in [0.2, 0.25) is 0 Å². The van der Waals surface area contributed by atoms with Crippen molar-refractivity contribution in [3.05, 3.63) is 51.5 Å². The summed E-state index contributed by atoms with van der Waals surface area (Å²) in [6.45, 7) is 1.62. The zero-order valence-electron chi connectivity index (χ0n) is 8.35. The summed E-state index contributed by atoms with van der Waals surface area (Å²) in [5, 5.41) is 3.49. The van der Waals surface area contributed by atoms with Crippen LogP contribution in [0.4, 0.5) is 4.39 Å². The minimum absolute atomic E-state index is 0.0394. The van der Waals surface area contributed by atoms with Crippen LogP contribution >= 0.6 is 11.6 Å². The highest BCUT2D eigenvalue weighted by Gasteiger charge is 2.16. The molecule has 4 nitrogen and oxygen atoms in total. The topological polar surface area (TPSA) is 48.0 Å². The molecule has 1 atom stereocenters. The minimum Gasteiger partial charge on any atom is -0.296 e. The van der Waals surface area contributed by atoms with Gasteiger partial charge in [0.15, 0.2) is 5.82 Å². The standard InChI is InChI=1S/C10H8ClFN2O2/c1-6-13-16-10(15)14(6)7-3-2-4-9(12)8(11)5-7/h2-5,7H,1H3. The SMILES string of the molecule is Cc1noc(=O)n1C1C=CC=C(F)C(Cl)=C1. The average Bonchev–Trinajstić information content (AvgIpc) is 2.47. The van der Waals surface area contributed by atoms with Gasteiger partial charge in [0.1, 0.15) is 5.83 Å². The summed E-state index contributed by atoms with van der Waals surface area (Å²) in [4.78, 5) is 11.4. The van der Waals surface area contributed by atoms with Gasteiger partial charge in [-0.1, -0.05) is 28.9 Å². The van der Waals surface area contributed by atoms with Crippen molar-refractivity contribution in [2.45, 2.75) is 13.0 Å². The third kappa shape index (κ3) is 1.86. The minimum atomic E-state index is -0.602. The molecule has 2 rings (SSSR count). The molecule has 6 heteroatoms. The number of aromatic nitrogens is 2. The van der Waals surface area contributed by atoms with Crippen molar-refractivity contribution in [3.63, 3.8) is 0 Å². The van der Waals surface area contributed by atoms with Crippen LogP contribution < -0.4 is 5.76 Å². The molecule has 0 saturated carbocycles. The highest BCUT2D eigenvalue weighted by molar-refractivity contribution is 6.31. The molecule has 1 aliphatic rings. The smallest absolute Gasteiger partial charge is 0.296 e. The summed E-state index contributed by atoms with van der Waals surface area (Å²) < 4.78 is 18.9. The Morgan fingerprint density at radius 1 is 1.62 bits per heavy atom. The van der Waals surface area contributed by atoms with Gasteiger partial charge < -0.3 is 0 Å². The van der Waals surface area contributed by atoms with E-state index in [1.165, 1.54) is 22.8 Å². The van der Waals surface area contributed by atoms with Crippen LogP contribution in [0.1, 0.15) is 11.9 Å². The van der Waals surface area contributed by atoms with E-state index in [4.69, 9.17) is 11.6 Å². The van der Waals surface area contributed by atoms with Crippen molar-refractivity contribution < 1.29 is 8.91 Å². The summed E-state index contributed by atoms with van der Waals surface area (Å²) in [7, 11) is 0. The fraction of sp³-hybridized carbons (Fsp3) is 0.200. The Bertz CT molecular complexity index is 553. The highest BCUT2D eigenvalue weighted by Crippen LogP contribution is 2.24. The number of rotatable bonds is 1. The van der Waals surface area contributed by atoms with Gasteiger partial charge in [0.25, 0.3) is 0 Å². The number of halogens is 2. The zero-order valence-corrected chi connectivity index (χ0v) is 9.11. The molecule has 1 aliphatic carbocycles. The predicted molar refractivity (Wildman–Crippen MR) is 56.8 cm³/mol. The van der Waals surface area contributed by atoms with E-state index in [0.29, 0.717) is 5.82 Å². The van der Waals surface area contributed by atoms with Crippen LogP contribution in [-0.4, -0.2) is 9.72 Å². The fourth-order valence-electron chi connectivity index (χ4n) is 1.44. The van der Waals surface area contributed by atoms with E-state index in [0.717, 1.165) is 0 Å². The molecule has 0 amide bonds. The first-order valence-electron chi connectivity index (χ1n) is 4.56. The Balaban J connectivity index is 2.49. The summed E-state index contributed by atoms with van der Waals surface area (Å²) in [6.07, 6.45) is 5.76. The van der Waals surface area contributed by atoms with Crippen molar-refractivity contribution in [3.8, 4) is 0 Å². The summed E-state index contributed by atoms with van der Waals surface area (Å²) in [5.41, 5.74) is 0. The van der Waals surface area contributed by atoms with Crippen molar-refractivity contribution in [1.82, 2.24) is 9.72 Å². The predicted octanol–water partition coefficient (Wildman–Crippen LogP) is 2.23. The van der Waals surface area contributed by atoms with Crippen LogP contribution in [0.3, 0.4) is 0 Å². The maximum atomic E-state index is 13.1. The van der Waals surface area contributed by atoms with Crippen LogP contribution in [0.15, 0.2) is 44.5 Å². The fourth-order valence-corrected chi connectivity index (χ4v) is 1.63. The number of nitrogens with zero attached hydrogens (tertiary/aromatic N) is 2. The monoisotopic (exact) mass is 242 g/mol. The molecule has 16 heavy (non-hydrogen) atoms. The Labute approximate surface area is 95.3 Å². The first-order chi connectivity index (χ1) is 7.59. The first kappa shape index (κ1) is 10.9. The van der Waals surface area contributed by atoms with Gasteiger partial charge in [-0.25, -0.2) is 13.8 Å². The van der Waals surface area contributed by atoms with E-state index in [1.54, 1.807) is 13.0 Å². The summed E-state index contributed by atoms with van der Waals surface area (Å²) in [5.74, 6) is -0.736. The van der Waals surface area contributed by atoms with E-state index in [1.807, 2.05) is 0 Å². The van der Waals surface area contributed by atoms with E-state index in [-0.39, 0.29) is 5.03 Å². The molecule has 1 unspecified atom stereocenters. The van der Waals surface area contributed by atoms with E-state index < -0.39 is 17.6 Å². The highest BCUT2D eigenvalue weighted by atomic mass is 35.5. The maximum Gasteiger partial charge on any atom is 0.442 e. The molecule has 0 fully saturated rings. The Morgan fingerprint density at radius 3 is 3.00 bits per heavy atom. The van der Waals surface area contributed by atoms with Crippen LogP contribution in [-0.2, 0) is 0 Å². The molecule has 1 aromatic rings. The summed E-state index contributed by atoms with van der Waals surface area (Å²) in [6, 6.07) is -0.490. The molecule has 0 N–H and O–H groups in total. The van der Waals surface area contributed by atoms with E-state index in [9.17, 15) is 9.18 Å². The second kappa shape index (κ2) is 4.09. The Kier molecular flexibility index (Phi) is 2.78. The largest absolute Gasteiger partial charge is 0.442 e. The van der Waals surface area contributed by atoms with Gasteiger partial charge in [-0.15, -0.1) is 0 Å². The van der Waals surface area contributed by atoms with E-state index in [2.05, 4.69) is 9.68 Å². The van der Waals surface area contributed by atoms with Crippen molar-refractivity contribution in [1.29, 1.82) is 0 Å². The number of aryl methyl sites for hydroxylation is 1. The lowest BCUT2D eigenvalue weighted by Crippen LogP contribution is -2.19. The lowest BCUT2D eigenvalue weighted by molar-refractivity contribution is 0.374. The van der Waals surface area contributed by atoms with Gasteiger partial charge in [-0.3, -0.25) is 4.52 Å². The van der Waals surface area contributed by atoms with Crippen molar-refractivity contribution in [2.75, 3.05) is 0 Å². The van der Waals surface area contributed by atoms with Gasteiger partial charge in [-0.05, 0) is 19.1 Å². The quantitative estimate of drug-likeness (QED) is 0.759. The third-order valence-electron chi connectivity index (χ3n) is 2.20. The second-order valence-electron chi connectivity index (χ2n) is 3.27. The van der Waals surface area contributed by atoms with Crippen molar-refractivity contribution >= 4 is 11.6 Å². The van der Waals surface area contributed by atoms with Crippen LogP contribution in [0, 0.1) is 6.92 Å². The Hall–Kier alpha value is -1.62. The molecular formula is C10H8ClFN2O2. The molecular weight excluding hydrogens is 235 g/mol. The maximum absolute atomic E-state index is 13.1. The molecule has 84 valence electrons. The van der Waals surface area contributed by atoms with Crippen LogP contribution in [0.5, 0.6) is 0 Å². The molecule has 0 spiro atoms. The Morgan fingerprint density at radius 2 is 2.38 bits per heavy atom. The van der Waals surface area contributed by atoms with Gasteiger partial charge in [0.05, 0.1) is 11.1 Å². The van der Waals surface area contributed by atoms with Crippen LogP contribution in [0.25, 0.3) is 0 Å². The van der Waals surface area contributed by atoms with Gasteiger partial charge >= 0.3 is 5.76 Å². The number of allylic oxidation sites excluding steroid dienone is 6. The zero-order chi connectivity index (χ0) is 11.7. The molecule has 0 radical (unpaired) electrons. The molecule has 0 aliphatic heterocycles. The normalized spacial score (nSPS) is 20.3. The second-order valence-corrected chi connectivity index (χ2v) is 3.68. The van der Waals surface area contributed by atoms with Gasteiger partial charge in [0, 0.05) is 0 Å². The molecule has 1 aromatic heterocycles. The molecule has 0 aromatic carbocycles. The average molecular weight is 243 g/mol. The van der Waals surface area contributed by atoms with Crippen molar-refractivity contribution in [2.24, 2.45) is 0 Å². The van der Waals surface area contributed by atoms with Gasteiger partial charge in [0.2, 0.25) is 0 Å². The van der Waals surface area contributed by atoms with E-state index >= 15 is 0 Å². The number of hydrogen-bond donors (Lipinski definition) is 0. The molecule has 0 saturated heterocycles. The third-order valence-corrected chi connectivity index (χ3v) is 2.50. The number of hydrogen-bond acceptors (Lipinski definition) is 3. The summed E-state index contributed by atoms with van der Waals surface area (Å²) >= 11 is 5.70.